The summed E-state index contributed by atoms with van der Waals surface area (Å²) in [4.78, 5) is 0. The summed E-state index contributed by atoms with van der Waals surface area (Å²) >= 11 is 6.00. The molecule has 0 saturated heterocycles. The van der Waals surface area contributed by atoms with E-state index in [4.69, 9.17) is 23.2 Å². The van der Waals surface area contributed by atoms with Crippen molar-refractivity contribution >= 4 is 17.4 Å². The highest BCUT2D eigenvalue weighted by atomic mass is 35.5. The highest BCUT2D eigenvalue weighted by molar-refractivity contribution is 6.31. The van der Waals surface area contributed by atoms with Gasteiger partial charge in [0.25, 0.3) is 0 Å². The number of aromatic nitrogens is 2. The first-order valence-corrected chi connectivity index (χ1v) is 6.08. The Morgan fingerprint density at radius 2 is 2.26 bits per heavy atom. The molecule has 1 unspecified atom stereocenters. The summed E-state index contributed by atoms with van der Waals surface area (Å²) in [5.74, 6) is 5.64. The van der Waals surface area contributed by atoms with Crippen LogP contribution in [0.3, 0.4) is 0 Å². The number of halogens is 2. The van der Waals surface area contributed by atoms with Gasteiger partial charge in [0.05, 0.1) is 12.2 Å². The van der Waals surface area contributed by atoms with Crippen LogP contribution in [0.4, 0.5) is 10.2 Å². The molecular weight excluding hydrogens is 269 g/mol. The van der Waals surface area contributed by atoms with E-state index >= 15 is 0 Å². The van der Waals surface area contributed by atoms with Crippen LogP contribution in [0.25, 0.3) is 0 Å². The summed E-state index contributed by atoms with van der Waals surface area (Å²) in [6.45, 7) is 0. The van der Waals surface area contributed by atoms with Crippen LogP contribution in [0, 0.1) is 5.82 Å². The second kappa shape index (κ2) is 5.56. The van der Waals surface area contributed by atoms with E-state index < -0.39 is 0 Å². The Morgan fingerprint density at radius 1 is 1.53 bits per heavy atom. The fourth-order valence-corrected chi connectivity index (χ4v) is 2.16. The average Bonchev–Trinajstić information content (AvgIpc) is 2.71. The SMILES string of the molecule is Cn1ncc(C(Cc2c(F)cccc2Cl)NN)c1N. The maximum absolute atomic E-state index is 13.8. The Labute approximate surface area is 115 Å². The van der Waals surface area contributed by atoms with Crippen molar-refractivity contribution in [3.8, 4) is 0 Å². The fraction of sp³-hybridized carbons (Fsp3) is 0.250. The van der Waals surface area contributed by atoms with Gasteiger partial charge in [-0.25, -0.2) is 4.39 Å². The third kappa shape index (κ3) is 2.70. The zero-order valence-corrected chi connectivity index (χ0v) is 11.2. The van der Waals surface area contributed by atoms with Gasteiger partial charge in [0, 0.05) is 23.2 Å². The molecule has 102 valence electrons. The fourth-order valence-electron chi connectivity index (χ4n) is 1.92. The average molecular weight is 284 g/mol. The molecule has 0 aliphatic rings. The van der Waals surface area contributed by atoms with Gasteiger partial charge in [0.2, 0.25) is 0 Å². The van der Waals surface area contributed by atoms with Crippen molar-refractivity contribution in [3.05, 3.63) is 46.4 Å². The lowest BCUT2D eigenvalue weighted by atomic mass is 10.0. The maximum Gasteiger partial charge on any atom is 0.127 e. The minimum Gasteiger partial charge on any atom is -0.384 e. The minimum atomic E-state index is -0.366. The van der Waals surface area contributed by atoms with Crippen LogP contribution in [0.2, 0.25) is 5.02 Å². The zero-order chi connectivity index (χ0) is 14.0. The van der Waals surface area contributed by atoms with Gasteiger partial charge in [-0.1, -0.05) is 17.7 Å². The lowest BCUT2D eigenvalue weighted by molar-refractivity contribution is 0.530. The number of hydrazine groups is 1. The van der Waals surface area contributed by atoms with Crippen LogP contribution in [-0.4, -0.2) is 9.78 Å². The first-order valence-electron chi connectivity index (χ1n) is 5.71. The third-order valence-corrected chi connectivity index (χ3v) is 3.42. The number of nitrogens with zero attached hydrogens (tertiary/aromatic N) is 2. The van der Waals surface area contributed by atoms with Gasteiger partial charge in [0.15, 0.2) is 0 Å². The van der Waals surface area contributed by atoms with Crippen LogP contribution in [0.15, 0.2) is 24.4 Å². The smallest absolute Gasteiger partial charge is 0.127 e. The molecule has 2 aromatic rings. The standard InChI is InChI=1S/C12H15ClFN5/c1-19-12(15)8(6-17-19)11(18-16)5-7-9(13)3-2-4-10(7)14/h2-4,6,11,18H,5,15-16H2,1H3. The highest BCUT2D eigenvalue weighted by Gasteiger charge is 2.19. The van der Waals surface area contributed by atoms with E-state index in [-0.39, 0.29) is 18.3 Å². The van der Waals surface area contributed by atoms with Gasteiger partial charge < -0.3 is 5.73 Å². The molecule has 0 spiro atoms. The highest BCUT2D eigenvalue weighted by Crippen LogP contribution is 2.27. The Balaban J connectivity index is 2.32. The van der Waals surface area contributed by atoms with Crippen molar-refractivity contribution in [1.82, 2.24) is 15.2 Å². The van der Waals surface area contributed by atoms with Crippen molar-refractivity contribution in [2.75, 3.05) is 5.73 Å². The number of nitrogens with two attached hydrogens (primary N) is 2. The molecule has 0 aliphatic heterocycles. The number of aryl methyl sites for hydroxylation is 1. The van der Waals surface area contributed by atoms with Crippen molar-refractivity contribution in [2.24, 2.45) is 12.9 Å². The predicted octanol–water partition coefficient (Wildman–Crippen LogP) is 1.54. The van der Waals surface area contributed by atoms with E-state index in [9.17, 15) is 4.39 Å². The molecule has 1 aromatic heterocycles. The molecule has 0 bridgehead atoms. The normalized spacial score (nSPS) is 12.6. The van der Waals surface area contributed by atoms with E-state index in [1.807, 2.05) is 0 Å². The first-order chi connectivity index (χ1) is 9.04. The lowest BCUT2D eigenvalue weighted by Gasteiger charge is -2.16. The van der Waals surface area contributed by atoms with E-state index in [1.54, 1.807) is 25.4 Å². The van der Waals surface area contributed by atoms with E-state index in [1.165, 1.54) is 10.7 Å². The second-order valence-electron chi connectivity index (χ2n) is 4.23. The van der Waals surface area contributed by atoms with Crippen LogP contribution in [-0.2, 0) is 13.5 Å². The molecule has 5 N–H and O–H groups in total. The van der Waals surface area contributed by atoms with Crippen LogP contribution in [0.5, 0.6) is 0 Å². The minimum absolute atomic E-state index is 0.290. The number of nitrogen functional groups attached to an aromatic ring is 1. The van der Waals surface area contributed by atoms with Crippen molar-refractivity contribution in [1.29, 1.82) is 0 Å². The van der Waals surface area contributed by atoms with Gasteiger partial charge >= 0.3 is 0 Å². The molecule has 7 heteroatoms. The summed E-state index contributed by atoms with van der Waals surface area (Å²) in [6, 6.07) is 4.20. The van der Waals surface area contributed by atoms with Gasteiger partial charge in [0.1, 0.15) is 11.6 Å². The lowest BCUT2D eigenvalue weighted by Crippen LogP contribution is -2.30. The van der Waals surface area contributed by atoms with E-state index in [2.05, 4.69) is 10.5 Å². The van der Waals surface area contributed by atoms with Crippen LogP contribution in [0.1, 0.15) is 17.2 Å². The number of nitrogens with one attached hydrogen (secondary N) is 1. The van der Waals surface area contributed by atoms with E-state index in [0.29, 0.717) is 22.0 Å². The molecule has 0 saturated carbocycles. The third-order valence-electron chi connectivity index (χ3n) is 3.06. The molecule has 0 fully saturated rings. The number of rotatable bonds is 4. The number of anilines is 1. The van der Waals surface area contributed by atoms with Gasteiger partial charge in [-0.15, -0.1) is 0 Å². The molecule has 1 aromatic carbocycles. The van der Waals surface area contributed by atoms with Crippen molar-refractivity contribution < 1.29 is 4.39 Å². The maximum atomic E-state index is 13.8. The number of benzene rings is 1. The topological polar surface area (TPSA) is 81.9 Å². The summed E-state index contributed by atoms with van der Waals surface area (Å²) in [7, 11) is 1.72. The molecule has 1 heterocycles. The molecule has 1 atom stereocenters. The van der Waals surface area contributed by atoms with Gasteiger partial charge in [-0.3, -0.25) is 16.0 Å². The summed E-state index contributed by atoms with van der Waals surface area (Å²) in [6.07, 6.45) is 1.90. The van der Waals surface area contributed by atoms with Crippen molar-refractivity contribution in [2.45, 2.75) is 12.5 Å². The second-order valence-corrected chi connectivity index (χ2v) is 4.64. The van der Waals surface area contributed by atoms with Gasteiger partial charge in [-0.2, -0.15) is 5.10 Å². The Morgan fingerprint density at radius 3 is 2.79 bits per heavy atom. The molecule has 0 aliphatic carbocycles. The Bertz CT molecular complexity index is 563. The number of hydrogen-bond donors (Lipinski definition) is 3. The van der Waals surface area contributed by atoms with Crippen molar-refractivity contribution in [3.63, 3.8) is 0 Å². The first kappa shape index (κ1) is 13.8. The monoisotopic (exact) mass is 283 g/mol. The van der Waals surface area contributed by atoms with Crippen LogP contribution >= 0.6 is 11.6 Å². The Hall–Kier alpha value is -1.63. The van der Waals surface area contributed by atoms with E-state index in [0.717, 1.165) is 0 Å². The van der Waals surface area contributed by atoms with Gasteiger partial charge in [-0.05, 0) is 18.6 Å². The summed E-state index contributed by atoms with van der Waals surface area (Å²) < 4.78 is 15.3. The summed E-state index contributed by atoms with van der Waals surface area (Å²) in [5, 5.41) is 4.40. The molecule has 5 nitrogen and oxygen atoms in total. The molecule has 0 amide bonds. The molecule has 2 rings (SSSR count). The van der Waals surface area contributed by atoms with Crippen LogP contribution < -0.4 is 17.0 Å². The zero-order valence-electron chi connectivity index (χ0n) is 10.4. The largest absolute Gasteiger partial charge is 0.384 e. The molecule has 0 radical (unpaired) electrons. The Kier molecular flexibility index (Phi) is 4.04. The predicted molar refractivity (Wildman–Crippen MR) is 72.8 cm³/mol. The molecule has 19 heavy (non-hydrogen) atoms. The summed E-state index contributed by atoms with van der Waals surface area (Å²) in [5.41, 5.74) is 9.61. The quantitative estimate of drug-likeness (QED) is 0.587. The molecular formula is C12H15ClFN5. The number of hydrogen-bond acceptors (Lipinski definition) is 4.